The van der Waals surface area contributed by atoms with Crippen LogP contribution in [-0.4, -0.2) is 49.1 Å². The molecule has 2 fully saturated rings. The summed E-state index contributed by atoms with van der Waals surface area (Å²) in [5.74, 6) is 1.01. The smallest absolute Gasteiger partial charge is 0.238 e. The molecule has 4 nitrogen and oxygen atoms in total. The first-order chi connectivity index (χ1) is 8.72. The van der Waals surface area contributed by atoms with Gasteiger partial charge in [-0.1, -0.05) is 19.8 Å². The molecule has 2 N–H and O–H groups in total. The normalized spacial score (nSPS) is 34.2. The summed E-state index contributed by atoms with van der Waals surface area (Å²) in [6.07, 6.45) is 5.20. The summed E-state index contributed by atoms with van der Waals surface area (Å²) < 4.78 is 0. The van der Waals surface area contributed by atoms with Gasteiger partial charge in [0.05, 0.1) is 0 Å². The molecule has 2 rings (SSSR count). The van der Waals surface area contributed by atoms with Crippen molar-refractivity contribution in [3.05, 3.63) is 0 Å². The minimum atomic E-state index is 0.0361. The Kier molecular flexibility index (Phi) is 5.01. The van der Waals surface area contributed by atoms with Crippen LogP contribution in [0.4, 0.5) is 0 Å². The van der Waals surface area contributed by atoms with Crippen LogP contribution in [0.15, 0.2) is 0 Å². The third-order valence-electron chi connectivity index (χ3n) is 4.32. The Morgan fingerprint density at radius 1 is 1.44 bits per heavy atom. The standard InChI is InChI=1S/C14H27N3O/c1-3-16-14(18)13-10-15-7-8-17(13)12-6-4-5-11(2)9-12/h11-13,15H,3-10H2,1-2H3,(H,16,18). The van der Waals surface area contributed by atoms with Crippen molar-refractivity contribution in [1.82, 2.24) is 15.5 Å². The molecule has 1 saturated carbocycles. The number of carbonyl (C=O) groups is 1. The zero-order chi connectivity index (χ0) is 13.0. The largest absolute Gasteiger partial charge is 0.355 e. The Hall–Kier alpha value is -0.610. The van der Waals surface area contributed by atoms with Gasteiger partial charge in [0.15, 0.2) is 0 Å². The third-order valence-corrected chi connectivity index (χ3v) is 4.32. The second-order valence-corrected chi connectivity index (χ2v) is 5.78. The average molecular weight is 253 g/mol. The van der Waals surface area contributed by atoms with Crippen LogP contribution in [-0.2, 0) is 4.79 Å². The van der Waals surface area contributed by atoms with E-state index in [1.807, 2.05) is 6.92 Å². The van der Waals surface area contributed by atoms with Crippen molar-refractivity contribution >= 4 is 5.91 Å². The van der Waals surface area contributed by atoms with Gasteiger partial charge in [0.2, 0.25) is 5.91 Å². The fraction of sp³-hybridized carbons (Fsp3) is 0.929. The number of nitrogens with one attached hydrogen (secondary N) is 2. The van der Waals surface area contributed by atoms with E-state index in [-0.39, 0.29) is 11.9 Å². The molecule has 104 valence electrons. The van der Waals surface area contributed by atoms with Gasteiger partial charge in [-0.3, -0.25) is 9.69 Å². The van der Waals surface area contributed by atoms with E-state index < -0.39 is 0 Å². The monoisotopic (exact) mass is 253 g/mol. The first kappa shape index (κ1) is 13.8. The summed E-state index contributed by atoms with van der Waals surface area (Å²) in [5, 5.41) is 6.33. The fourth-order valence-electron chi connectivity index (χ4n) is 3.40. The van der Waals surface area contributed by atoms with Crippen LogP contribution in [0.3, 0.4) is 0 Å². The van der Waals surface area contributed by atoms with Crippen LogP contribution in [0, 0.1) is 5.92 Å². The van der Waals surface area contributed by atoms with Crippen molar-refractivity contribution in [3.63, 3.8) is 0 Å². The number of amides is 1. The van der Waals surface area contributed by atoms with E-state index in [0.29, 0.717) is 6.04 Å². The molecule has 0 bridgehead atoms. The van der Waals surface area contributed by atoms with Crippen molar-refractivity contribution in [3.8, 4) is 0 Å². The van der Waals surface area contributed by atoms with Gasteiger partial charge in [-0.05, 0) is 25.7 Å². The summed E-state index contributed by atoms with van der Waals surface area (Å²) in [5.41, 5.74) is 0. The van der Waals surface area contributed by atoms with E-state index >= 15 is 0 Å². The van der Waals surface area contributed by atoms with E-state index in [2.05, 4.69) is 22.5 Å². The third kappa shape index (κ3) is 3.23. The Morgan fingerprint density at radius 3 is 3.00 bits per heavy atom. The van der Waals surface area contributed by atoms with Crippen molar-refractivity contribution in [2.75, 3.05) is 26.2 Å². The van der Waals surface area contributed by atoms with Crippen LogP contribution in [0.5, 0.6) is 0 Å². The number of hydrogen-bond acceptors (Lipinski definition) is 3. The molecule has 0 radical (unpaired) electrons. The Bertz CT molecular complexity index is 282. The highest BCUT2D eigenvalue weighted by molar-refractivity contribution is 5.82. The van der Waals surface area contributed by atoms with Gasteiger partial charge >= 0.3 is 0 Å². The highest BCUT2D eigenvalue weighted by Gasteiger charge is 2.34. The van der Waals surface area contributed by atoms with E-state index in [0.717, 1.165) is 32.1 Å². The molecule has 0 aromatic heterocycles. The molecule has 0 aromatic carbocycles. The number of rotatable bonds is 3. The zero-order valence-electron chi connectivity index (χ0n) is 11.7. The molecule has 4 heteroatoms. The van der Waals surface area contributed by atoms with Crippen molar-refractivity contribution in [2.45, 2.75) is 51.6 Å². The Labute approximate surface area is 110 Å². The summed E-state index contributed by atoms with van der Waals surface area (Å²) in [4.78, 5) is 14.6. The highest BCUT2D eigenvalue weighted by Crippen LogP contribution is 2.28. The van der Waals surface area contributed by atoms with Gasteiger partial charge in [-0.25, -0.2) is 0 Å². The van der Waals surface area contributed by atoms with Crippen molar-refractivity contribution in [2.24, 2.45) is 5.92 Å². The van der Waals surface area contributed by atoms with E-state index in [9.17, 15) is 4.79 Å². The van der Waals surface area contributed by atoms with Gasteiger partial charge in [0, 0.05) is 32.2 Å². The van der Waals surface area contributed by atoms with Crippen molar-refractivity contribution in [1.29, 1.82) is 0 Å². The molecule has 1 heterocycles. The zero-order valence-corrected chi connectivity index (χ0v) is 11.7. The van der Waals surface area contributed by atoms with E-state index in [1.54, 1.807) is 0 Å². The quantitative estimate of drug-likeness (QED) is 0.788. The summed E-state index contributed by atoms with van der Waals surface area (Å²) >= 11 is 0. The Morgan fingerprint density at radius 2 is 2.28 bits per heavy atom. The molecule has 1 aliphatic carbocycles. The van der Waals surface area contributed by atoms with E-state index in [1.165, 1.54) is 25.7 Å². The molecule has 1 aliphatic heterocycles. The molecule has 0 aromatic rings. The van der Waals surface area contributed by atoms with E-state index in [4.69, 9.17) is 0 Å². The highest BCUT2D eigenvalue weighted by atomic mass is 16.2. The van der Waals surface area contributed by atoms with Crippen molar-refractivity contribution < 1.29 is 4.79 Å². The first-order valence-corrected chi connectivity index (χ1v) is 7.46. The van der Waals surface area contributed by atoms with Gasteiger partial charge in [0.1, 0.15) is 6.04 Å². The molecule has 3 unspecified atom stereocenters. The summed E-state index contributed by atoms with van der Waals surface area (Å²) in [6.45, 7) is 7.89. The molecule has 2 aliphatic rings. The average Bonchev–Trinajstić information content (AvgIpc) is 2.39. The van der Waals surface area contributed by atoms with Crippen LogP contribution in [0.2, 0.25) is 0 Å². The number of hydrogen-bond donors (Lipinski definition) is 2. The maximum Gasteiger partial charge on any atom is 0.238 e. The SMILES string of the molecule is CCNC(=O)C1CNCCN1C1CCCC(C)C1. The minimum Gasteiger partial charge on any atom is -0.355 e. The van der Waals surface area contributed by atoms with Gasteiger partial charge in [0.25, 0.3) is 0 Å². The molecule has 3 atom stereocenters. The molecule has 18 heavy (non-hydrogen) atoms. The number of carbonyl (C=O) groups excluding carboxylic acids is 1. The predicted octanol–water partition coefficient (Wildman–Crippen LogP) is 0.975. The fourth-order valence-corrected chi connectivity index (χ4v) is 3.40. The molecule has 0 spiro atoms. The minimum absolute atomic E-state index is 0.0361. The predicted molar refractivity (Wildman–Crippen MR) is 73.5 cm³/mol. The lowest BCUT2D eigenvalue weighted by atomic mass is 9.85. The summed E-state index contributed by atoms with van der Waals surface area (Å²) in [6, 6.07) is 0.650. The van der Waals surface area contributed by atoms with Crippen LogP contribution < -0.4 is 10.6 Å². The summed E-state index contributed by atoms with van der Waals surface area (Å²) in [7, 11) is 0. The lowest BCUT2D eigenvalue weighted by Crippen LogP contribution is -2.61. The van der Waals surface area contributed by atoms with Crippen LogP contribution >= 0.6 is 0 Å². The number of piperazine rings is 1. The lowest BCUT2D eigenvalue weighted by molar-refractivity contribution is -0.128. The lowest BCUT2D eigenvalue weighted by Gasteiger charge is -2.43. The number of likely N-dealkylation sites (N-methyl/N-ethyl adjacent to an activating group) is 1. The van der Waals surface area contributed by atoms with Crippen LogP contribution in [0.1, 0.15) is 39.5 Å². The molecular formula is C14H27N3O. The van der Waals surface area contributed by atoms with Gasteiger partial charge in [-0.2, -0.15) is 0 Å². The molecule has 1 amide bonds. The second kappa shape index (κ2) is 6.53. The number of nitrogens with zero attached hydrogens (tertiary/aromatic N) is 1. The first-order valence-electron chi connectivity index (χ1n) is 7.46. The molecule has 1 saturated heterocycles. The maximum atomic E-state index is 12.1. The Balaban J connectivity index is 2.00. The van der Waals surface area contributed by atoms with Gasteiger partial charge in [-0.15, -0.1) is 0 Å². The van der Waals surface area contributed by atoms with Crippen LogP contribution in [0.25, 0.3) is 0 Å². The van der Waals surface area contributed by atoms with Gasteiger partial charge < -0.3 is 10.6 Å². The molecular weight excluding hydrogens is 226 g/mol. The second-order valence-electron chi connectivity index (χ2n) is 5.78. The topological polar surface area (TPSA) is 44.4 Å². The maximum absolute atomic E-state index is 12.1.